The molecule has 0 fully saturated rings. The first-order valence-corrected chi connectivity index (χ1v) is 9.79. The standard InChI is InChI=1S/C22H24ClFN2O2/c1-2-3-7-20(25)22(28)26-13-15(18-12-16(23)8-9-19(18)24)11-21(26)14-5-4-6-17(27)10-14/h4-6,8-12,20-21,27H,2-3,7,13,25H2,1H3. The van der Waals surface area contributed by atoms with Crippen molar-refractivity contribution < 1.29 is 14.3 Å². The van der Waals surface area contributed by atoms with E-state index in [9.17, 15) is 14.3 Å². The van der Waals surface area contributed by atoms with Crippen molar-refractivity contribution in [3.63, 3.8) is 0 Å². The van der Waals surface area contributed by atoms with Crippen LogP contribution in [0.25, 0.3) is 5.57 Å². The molecule has 1 heterocycles. The number of halogens is 2. The van der Waals surface area contributed by atoms with Gasteiger partial charge in [0.25, 0.3) is 0 Å². The van der Waals surface area contributed by atoms with Crippen molar-refractivity contribution in [3.05, 3.63) is 70.5 Å². The number of phenolic OH excluding ortho intramolecular Hbond substituents is 1. The highest BCUT2D eigenvalue weighted by Gasteiger charge is 2.34. The molecule has 1 aliphatic rings. The monoisotopic (exact) mass is 402 g/mol. The molecule has 1 amide bonds. The number of benzene rings is 2. The van der Waals surface area contributed by atoms with Crippen LogP contribution in [-0.4, -0.2) is 28.5 Å². The van der Waals surface area contributed by atoms with Gasteiger partial charge in [0.15, 0.2) is 0 Å². The van der Waals surface area contributed by atoms with Crippen molar-refractivity contribution in [3.8, 4) is 5.75 Å². The van der Waals surface area contributed by atoms with Gasteiger partial charge in [-0.2, -0.15) is 0 Å². The molecule has 2 aromatic rings. The Labute approximate surface area is 169 Å². The summed E-state index contributed by atoms with van der Waals surface area (Å²) >= 11 is 6.05. The summed E-state index contributed by atoms with van der Waals surface area (Å²) in [5.41, 5.74) is 7.92. The van der Waals surface area contributed by atoms with E-state index in [-0.39, 0.29) is 18.2 Å². The maximum absolute atomic E-state index is 14.4. The van der Waals surface area contributed by atoms with Crippen LogP contribution in [0.3, 0.4) is 0 Å². The van der Waals surface area contributed by atoms with Gasteiger partial charge in [-0.1, -0.05) is 49.6 Å². The van der Waals surface area contributed by atoms with E-state index in [1.54, 1.807) is 29.2 Å². The van der Waals surface area contributed by atoms with E-state index in [1.165, 1.54) is 12.1 Å². The fourth-order valence-corrected chi connectivity index (χ4v) is 3.67. The number of amides is 1. The molecule has 2 aromatic carbocycles. The molecule has 0 saturated heterocycles. The van der Waals surface area contributed by atoms with Crippen molar-refractivity contribution in [2.24, 2.45) is 5.73 Å². The number of unbranched alkanes of at least 4 members (excludes halogenated alkanes) is 1. The molecule has 6 heteroatoms. The molecule has 0 aliphatic carbocycles. The lowest BCUT2D eigenvalue weighted by atomic mass is 10.0. The van der Waals surface area contributed by atoms with Crippen LogP contribution in [0.5, 0.6) is 5.75 Å². The minimum Gasteiger partial charge on any atom is -0.508 e. The lowest BCUT2D eigenvalue weighted by Gasteiger charge is -2.28. The Hall–Kier alpha value is -2.37. The van der Waals surface area contributed by atoms with Crippen LogP contribution >= 0.6 is 11.6 Å². The van der Waals surface area contributed by atoms with Crippen LogP contribution in [0.2, 0.25) is 5.02 Å². The Morgan fingerprint density at radius 3 is 2.86 bits per heavy atom. The Bertz CT molecular complexity index is 900. The predicted molar refractivity (Wildman–Crippen MR) is 109 cm³/mol. The van der Waals surface area contributed by atoms with Gasteiger partial charge >= 0.3 is 0 Å². The second-order valence-corrected chi connectivity index (χ2v) is 7.51. The maximum Gasteiger partial charge on any atom is 0.240 e. The smallest absolute Gasteiger partial charge is 0.240 e. The second kappa shape index (κ2) is 8.76. The third-order valence-corrected chi connectivity index (χ3v) is 5.23. The molecule has 1 aliphatic heterocycles. The van der Waals surface area contributed by atoms with Gasteiger partial charge in [-0.25, -0.2) is 4.39 Å². The summed E-state index contributed by atoms with van der Waals surface area (Å²) < 4.78 is 14.4. The zero-order valence-corrected chi connectivity index (χ0v) is 16.5. The van der Waals surface area contributed by atoms with E-state index in [0.717, 1.165) is 18.4 Å². The average molecular weight is 403 g/mol. The zero-order valence-electron chi connectivity index (χ0n) is 15.7. The van der Waals surface area contributed by atoms with E-state index in [0.29, 0.717) is 22.6 Å². The minimum absolute atomic E-state index is 0.107. The van der Waals surface area contributed by atoms with E-state index in [1.807, 2.05) is 19.1 Å². The van der Waals surface area contributed by atoms with Crippen molar-refractivity contribution >= 4 is 23.1 Å². The summed E-state index contributed by atoms with van der Waals surface area (Å²) in [6.45, 7) is 2.28. The number of carbonyl (C=O) groups excluding carboxylic acids is 1. The van der Waals surface area contributed by atoms with Crippen LogP contribution in [0.4, 0.5) is 4.39 Å². The molecule has 0 radical (unpaired) electrons. The number of hydrogen-bond donors (Lipinski definition) is 2. The van der Waals surface area contributed by atoms with Gasteiger partial charge in [-0.05, 0) is 47.9 Å². The third-order valence-electron chi connectivity index (χ3n) is 4.99. The van der Waals surface area contributed by atoms with E-state index in [2.05, 4.69) is 0 Å². The molecule has 3 rings (SSSR count). The quantitative estimate of drug-likeness (QED) is 0.737. The molecule has 0 bridgehead atoms. The van der Waals surface area contributed by atoms with E-state index in [4.69, 9.17) is 17.3 Å². The Morgan fingerprint density at radius 1 is 1.36 bits per heavy atom. The normalized spacial score (nSPS) is 17.5. The number of carbonyl (C=O) groups is 1. The van der Waals surface area contributed by atoms with Gasteiger partial charge < -0.3 is 15.7 Å². The first-order valence-electron chi connectivity index (χ1n) is 9.41. The number of nitrogens with zero attached hydrogens (tertiary/aromatic N) is 1. The van der Waals surface area contributed by atoms with Crippen LogP contribution in [-0.2, 0) is 4.79 Å². The van der Waals surface area contributed by atoms with Crippen LogP contribution in [0, 0.1) is 5.82 Å². The summed E-state index contributed by atoms with van der Waals surface area (Å²) in [5.74, 6) is -0.471. The molecular weight excluding hydrogens is 379 g/mol. The molecule has 148 valence electrons. The molecular formula is C22H24ClFN2O2. The number of rotatable bonds is 6. The van der Waals surface area contributed by atoms with Crippen molar-refractivity contribution in [2.75, 3.05) is 6.54 Å². The van der Waals surface area contributed by atoms with Crippen LogP contribution < -0.4 is 5.73 Å². The molecule has 28 heavy (non-hydrogen) atoms. The Morgan fingerprint density at radius 2 is 2.14 bits per heavy atom. The number of aromatic hydroxyl groups is 1. The molecule has 2 unspecified atom stereocenters. The van der Waals surface area contributed by atoms with Gasteiger partial charge in [0.05, 0.1) is 12.1 Å². The third kappa shape index (κ3) is 4.37. The molecule has 2 atom stereocenters. The molecule has 0 saturated carbocycles. The van der Waals surface area contributed by atoms with E-state index >= 15 is 0 Å². The maximum atomic E-state index is 14.4. The SMILES string of the molecule is CCCCC(N)C(=O)N1CC(c2cc(Cl)ccc2F)=CC1c1cccc(O)c1. The van der Waals surface area contributed by atoms with E-state index < -0.39 is 17.9 Å². The summed E-state index contributed by atoms with van der Waals surface area (Å²) in [6.07, 6.45) is 4.25. The van der Waals surface area contributed by atoms with Gasteiger partial charge in [0.1, 0.15) is 11.6 Å². The zero-order chi connectivity index (χ0) is 20.3. The van der Waals surface area contributed by atoms with Gasteiger partial charge in [-0.15, -0.1) is 0 Å². The summed E-state index contributed by atoms with van der Waals surface area (Å²) in [4.78, 5) is 14.7. The predicted octanol–water partition coefficient (Wildman–Crippen LogP) is 4.67. The van der Waals surface area contributed by atoms with Crippen molar-refractivity contribution in [2.45, 2.75) is 38.3 Å². The number of hydrogen-bond acceptors (Lipinski definition) is 3. The van der Waals surface area contributed by atoms with Gasteiger partial charge in [-0.3, -0.25) is 4.79 Å². The van der Waals surface area contributed by atoms with Crippen LogP contribution in [0.15, 0.2) is 48.5 Å². The highest BCUT2D eigenvalue weighted by Crippen LogP contribution is 2.37. The van der Waals surface area contributed by atoms with Crippen molar-refractivity contribution in [1.29, 1.82) is 0 Å². The largest absolute Gasteiger partial charge is 0.508 e. The molecule has 4 nitrogen and oxygen atoms in total. The summed E-state index contributed by atoms with van der Waals surface area (Å²) in [5, 5.41) is 10.3. The molecule has 3 N–H and O–H groups in total. The summed E-state index contributed by atoms with van der Waals surface area (Å²) in [6, 6.07) is 10.1. The van der Waals surface area contributed by atoms with Gasteiger partial charge in [0, 0.05) is 17.1 Å². The molecule has 0 spiro atoms. The number of nitrogens with two attached hydrogens (primary N) is 1. The summed E-state index contributed by atoms with van der Waals surface area (Å²) in [7, 11) is 0. The topological polar surface area (TPSA) is 66.6 Å². The fraction of sp³-hybridized carbons (Fsp3) is 0.318. The second-order valence-electron chi connectivity index (χ2n) is 7.07. The van der Waals surface area contributed by atoms with Gasteiger partial charge in [0.2, 0.25) is 5.91 Å². The lowest BCUT2D eigenvalue weighted by molar-refractivity contribution is -0.133. The number of phenols is 1. The Kier molecular flexibility index (Phi) is 6.37. The highest BCUT2D eigenvalue weighted by molar-refractivity contribution is 6.30. The Balaban J connectivity index is 1.97. The van der Waals surface area contributed by atoms with Crippen LogP contribution in [0.1, 0.15) is 43.4 Å². The van der Waals surface area contributed by atoms with Crippen molar-refractivity contribution in [1.82, 2.24) is 4.90 Å². The highest BCUT2D eigenvalue weighted by atomic mass is 35.5. The first-order chi connectivity index (χ1) is 13.4. The average Bonchev–Trinajstić information content (AvgIpc) is 3.12. The first kappa shape index (κ1) is 20.4. The minimum atomic E-state index is -0.614. The lowest BCUT2D eigenvalue weighted by Crippen LogP contribution is -2.43. The molecule has 0 aromatic heterocycles. The fourth-order valence-electron chi connectivity index (χ4n) is 3.49.